The minimum absolute atomic E-state index is 0.0953. The van der Waals surface area contributed by atoms with Gasteiger partial charge in [0, 0.05) is 0 Å². The zero-order chi connectivity index (χ0) is 12.6. The van der Waals surface area contributed by atoms with E-state index in [4.69, 9.17) is 5.11 Å². The van der Waals surface area contributed by atoms with Crippen molar-refractivity contribution in [2.24, 2.45) is 5.92 Å². The van der Waals surface area contributed by atoms with Crippen LogP contribution in [0.4, 0.5) is 0 Å². The van der Waals surface area contributed by atoms with Crippen molar-refractivity contribution in [1.29, 1.82) is 0 Å². The van der Waals surface area contributed by atoms with E-state index in [0.717, 1.165) is 11.1 Å². The van der Waals surface area contributed by atoms with Gasteiger partial charge in [0.2, 0.25) is 0 Å². The molecule has 1 aliphatic rings. The highest BCUT2D eigenvalue weighted by molar-refractivity contribution is 5.91. The second-order valence-electron chi connectivity index (χ2n) is 4.35. The van der Waals surface area contributed by atoms with Crippen LogP contribution < -0.4 is 0 Å². The summed E-state index contributed by atoms with van der Waals surface area (Å²) in [5, 5.41) is 8.86. The summed E-state index contributed by atoms with van der Waals surface area (Å²) in [5.41, 5.74) is 2.34. The molecular formula is C13H14O4. The van der Waals surface area contributed by atoms with Crippen molar-refractivity contribution >= 4 is 11.9 Å². The lowest BCUT2D eigenvalue weighted by Gasteiger charge is -2.06. The lowest BCUT2D eigenvalue weighted by molar-refractivity contribution is -0.138. The Morgan fingerprint density at radius 3 is 2.59 bits per heavy atom. The molecule has 2 unspecified atom stereocenters. The van der Waals surface area contributed by atoms with E-state index in [1.54, 1.807) is 6.07 Å². The summed E-state index contributed by atoms with van der Waals surface area (Å²) >= 11 is 0. The Balaban J connectivity index is 2.21. The predicted molar refractivity (Wildman–Crippen MR) is 61.0 cm³/mol. The third-order valence-corrected chi connectivity index (χ3v) is 3.19. The van der Waals surface area contributed by atoms with Crippen LogP contribution in [-0.4, -0.2) is 24.2 Å². The van der Waals surface area contributed by atoms with E-state index in [1.165, 1.54) is 7.11 Å². The molecule has 2 atom stereocenters. The molecule has 1 aliphatic carbocycles. The van der Waals surface area contributed by atoms with Crippen molar-refractivity contribution in [2.75, 3.05) is 7.11 Å². The fourth-order valence-corrected chi connectivity index (χ4v) is 2.09. The first-order valence-corrected chi connectivity index (χ1v) is 5.46. The average Bonchev–Trinajstić information content (AvgIpc) is 3.08. The standard InChI is InChI=1S/C13H14O4/c1-7-5-8(10-6-11(10)12(14)15)3-4-9(7)13(16)17-2/h3-5,10-11H,6H2,1-2H3,(H,14,15). The average molecular weight is 234 g/mol. The molecule has 17 heavy (non-hydrogen) atoms. The second kappa shape index (κ2) is 4.20. The molecule has 1 aromatic rings. The van der Waals surface area contributed by atoms with E-state index in [-0.39, 0.29) is 17.8 Å². The van der Waals surface area contributed by atoms with Crippen molar-refractivity contribution in [3.05, 3.63) is 34.9 Å². The molecule has 0 spiro atoms. The van der Waals surface area contributed by atoms with E-state index in [9.17, 15) is 9.59 Å². The van der Waals surface area contributed by atoms with E-state index < -0.39 is 5.97 Å². The molecule has 1 saturated carbocycles. The lowest BCUT2D eigenvalue weighted by Crippen LogP contribution is -2.04. The molecule has 1 aromatic carbocycles. The highest BCUT2D eigenvalue weighted by Gasteiger charge is 2.44. The summed E-state index contributed by atoms with van der Waals surface area (Å²) in [6, 6.07) is 5.39. The molecule has 0 heterocycles. The van der Waals surface area contributed by atoms with Gasteiger partial charge in [0.15, 0.2) is 0 Å². The van der Waals surface area contributed by atoms with Crippen molar-refractivity contribution in [3.63, 3.8) is 0 Å². The van der Waals surface area contributed by atoms with Crippen molar-refractivity contribution in [3.8, 4) is 0 Å². The maximum Gasteiger partial charge on any atom is 0.338 e. The van der Waals surface area contributed by atoms with Gasteiger partial charge in [-0.05, 0) is 36.5 Å². The lowest BCUT2D eigenvalue weighted by atomic mass is 10.0. The molecule has 2 rings (SSSR count). The second-order valence-corrected chi connectivity index (χ2v) is 4.35. The fourth-order valence-electron chi connectivity index (χ4n) is 2.09. The van der Waals surface area contributed by atoms with Gasteiger partial charge in [-0.3, -0.25) is 4.79 Å². The number of esters is 1. The highest BCUT2D eigenvalue weighted by Crippen LogP contribution is 2.47. The molecular weight excluding hydrogens is 220 g/mol. The van der Waals surface area contributed by atoms with Gasteiger partial charge in [-0.25, -0.2) is 4.79 Å². The SMILES string of the molecule is COC(=O)c1ccc(C2CC2C(=O)O)cc1C. The molecule has 4 heteroatoms. The number of carboxylic acid groups (broad SMARTS) is 1. The van der Waals surface area contributed by atoms with Crippen LogP contribution in [-0.2, 0) is 9.53 Å². The number of benzene rings is 1. The smallest absolute Gasteiger partial charge is 0.338 e. The van der Waals surface area contributed by atoms with Crippen LogP contribution in [0.5, 0.6) is 0 Å². The Labute approximate surface area is 99.2 Å². The van der Waals surface area contributed by atoms with Gasteiger partial charge in [-0.1, -0.05) is 12.1 Å². The Morgan fingerprint density at radius 1 is 1.41 bits per heavy atom. The predicted octanol–water partition coefficient (Wildman–Crippen LogP) is 1.97. The summed E-state index contributed by atoms with van der Waals surface area (Å²) in [6.07, 6.45) is 0.687. The van der Waals surface area contributed by atoms with Crippen LogP contribution in [0.25, 0.3) is 0 Å². The molecule has 90 valence electrons. The van der Waals surface area contributed by atoms with Gasteiger partial charge in [0.1, 0.15) is 0 Å². The quantitative estimate of drug-likeness (QED) is 0.812. The number of carboxylic acids is 1. The number of hydrogen-bond acceptors (Lipinski definition) is 3. The first-order chi connectivity index (χ1) is 8.04. The number of ether oxygens (including phenoxy) is 1. The summed E-state index contributed by atoms with van der Waals surface area (Å²) in [6.45, 7) is 1.83. The minimum Gasteiger partial charge on any atom is -0.481 e. The molecule has 1 N–H and O–H groups in total. The van der Waals surface area contributed by atoms with Crippen molar-refractivity contribution in [1.82, 2.24) is 0 Å². The number of aliphatic carboxylic acids is 1. The highest BCUT2D eigenvalue weighted by atomic mass is 16.5. The topological polar surface area (TPSA) is 63.6 Å². The normalized spacial score (nSPS) is 22.0. The summed E-state index contributed by atoms with van der Waals surface area (Å²) in [4.78, 5) is 22.2. The Morgan fingerprint density at radius 2 is 2.12 bits per heavy atom. The monoisotopic (exact) mass is 234 g/mol. The molecule has 0 aliphatic heterocycles. The zero-order valence-electron chi connectivity index (χ0n) is 9.77. The van der Waals surface area contributed by atoms with Gasteiger partial charge in [0.25, 0.3) is 0 Å². The first-order valence-electron chi connectivity index (χ1n) is 5.46. The van der Waals surface area contributed by atoms with Crippen LogP contribution in [0.15, 0.2) is 18.2 Å². The number of rotatable bonds is 3. The maximum atomic E-state index is 11.4. The molecule has 0 bridgehead atoms. The fraction of sp³-hybridized carbons (Fsp3) is 0.385. The molecule has 0 radical (unpaired) electrons. The Hall–Kier alpha value is -1.84. The van der Waals surface area contributed by atoms with Crippen LogP contribution in [0, 0.1) is 12.8 Å². The van der Waals surface area contributed by atoms with Gasteiger partial charge in [-0.2, -0.15) is 0 Å². The van der Waals surface area contributed by atoms with E-state index in [0.29, 0.717) is 12.0 Å². The number of hydrogen-bond donors (Lipinski definition) is 1. The molecule has 0 amide bonds. The third-order valence-electron chi connectivity index (χ3n) is 3.19. The Kier molecular flexibility index (Phi) is 2.88. The number of carbonyl (C=O) groups is 2. The molecule has 0 aromatic heterocycles. The summed E-state index contributed by atoms with van der Waals surface area (Å²) in [5.74, 6) is -1.28. The Bertz CT molecular complexity index is 478. The van der Waals surface area contributed by atoms with Crippen LogP contribution in [0.1, 0.15) is 33.8 Å². The summed E-state index contributed by atoms with van der Waals surface area (Å²) < 4.78 is 4.66. The zero-order valence-corrected chi connectivity index (χ0v) is 9.77. The van der Waals surface area contributed by atoms with Crippen molar-refractivity contribution < 1.29 is 19.4 Å². The summed E-state index contributed by atoms with van der Waals surface area (Å²) in [7, 11) is 1.34. The van der Waals surface area contributed by atoms with Crippen LogP contribution in [0.3, 0.4) is 0 Å². The number of aryl methyl sites for hydroxylation is 1. The maximum absolute atomic E-state index is 11.4. The molecule has 4 nitrogen and oxygen atoms in total. The van der Waals surface area contributed by atoms with Crippen LogP contribution >= 0.6 is 0 Å². The van der Waals surface area contributed by atoms with Crippen LogP contribution in [0.2, 0.25) is 0 Å². The van der Waals surface area contributed by atoms with E-state index in [1.807, 2.05) is 19.1 Å². The van der Waals surface area contributed by atoms with Gasteiger partial charge >= 0.3 is 11.9 Å². The number of methoxy groups -OCH3 is 1. The third kappa shape index (κ3) is 2.16. The minimum atomic E-state index is -0.746. The largest absolute Gasteiger partial charge is 0.481 e. The van der Waals surface area contributed by atoms with Gasteiger partial charge < -0.3 is 9.84 Å². The number of carbonyl (C=O) groups excluding carboxylic acids is 1. The first kappa shape index (κ1) is 11.6. The van der Waals surface area contributed by atoms with E-state index >= 15 is 0 Å². The van der Waals surface area contributed by atoms with Gasteiger partial charge in [-0.15, -0.1) is 0 Å². The van der Waals surface area contributed by atoms with Crippen molar-refractivity contribution in [2.45, 2.75) is 19.3 Å². The molecule has 1 fully saturated rings. The molecule has 0 saturated heterocycles. The van der Waals surface area contributed by atoms with Gasteiger partial charge in [0.05, 0.1) is 18.6 Å². The van der Waals surface area contributed by atoms with E-state index in [2.05, 4.69) is 4.74 Å².